The van der Waals surface area contributed by atoms with Gasteiger partial charge in [0.15, 0.2) is 0 Å². The van der Waals surface area contributed by atoms with Gasteiger partial charge in [-0.2, -0.15) is 0 Å². The van der Waals surface area contributed by atoms with E-state index in [4.69, 9.17) is 9.47 Å². The van der Waals surface area contributed by atoms with E-state index in [1.807, 2.05) is 72.8 Å². The Morgan fingerprint density at radius 1 is 0.788 bits per heavy atom. The van der Waals surface area contributed by atoms with Crippen LogP contribution in [0.1, 0.15) is 40.7 Å². The predicted molar refractivity (Wildman–Crippen MR) is 131 cm³/mol. The van der Waals surface area contributed by atoms with Gasteiger partial charge in [-0.25, -0.2) is 0 Å². The maximum Gasteiger partial charge on any atom is 0.255 e. The number of benzene rings is 3. The number of nitrogens with one attached hydrogen (secondary N) is 1. The highest BCUT2D eigenvalue weighted by molar-refractivity contribution is 5.97. The Morgan fingerprint density at radius 3 is 2.09 bits per heavy atom. The molecule has 172 valence electrons. The van der Waals surface area contributed by atoms with Crippen molar-refractivity contribution in [2.75, 3.05) is 26.2 Å². The van der Waals surface area contributed by atoms with E-state index in [0.29, 0.717) is 36.8 Å². The third kappa shape index (κ3) is 7.09. The van der Waals surface area contributed by atoms with Crippen LogP contribution in [0.25, 0.3) is 0 Å². The standard InChI is InChI=1S/C28H32N2O3/c31-28(29-16-19-30-17-8-3-9-18-30)26-20-25(32-21-23-10-4-1-5-11-23)14-15-27(26)33-22-24-12-6-2-7-13-24/h1-2,4-7,10-15,20H,3,8-9,16-19,21-22H2,(H,29,31). The topological polar surface area (TPSA) is 50.8 Å². The molecule has 1 aliphatic heterocycles. The van der Waals surface area contributed by atoms with Gasteiger partial charge < -0.3 is 19.7 Å². The third-order valence-corrected chi connectivity index (χ3v) is 5.84. The first kappa shape index (κ1) is 22.9. The van der Waals surface area contributed by atoms with Gasteiger partial charge in [0, 0.05) is 13.1 Å². The highest BCUT2D eigenvalue weighted by Gasteiger charge is 2.16. The van der Waals surface area contributed by atoms with E-state index in [-0.39, 0.29) is 5.91 Å². The Kier molecular flexibility index (Phi) is 8.36. The average Bonchev–Trinajstić information content (AvgIpc) is 2.88. The van der Waals surface area contributed by atoms with Crippen LogP contribution < -0.4 is 14.8 Å². The fourth-order valence-corrected chi connectivity index (χ4v) is 3.98. The number of carbonyl (C=O) groups is 1. The summed E-state index contributed by atoms with van der Waals surface area (Å²) in [6.07, 6.45) is 3.79. The first-order valence-electron chi connectivity index (χ1n) is 11.8. The molecule has 0 atom stereocenters. The maximum atomic E-state index is 13.1. The van der Waals surface area contributed by atoms with Crippen molar-refractivity contribution in [1.82, 2.24) is 10.2 Å². The van der Waals surface area contributed by atoms with E-state index in [9.17, 15) is 4.79 Å². The van der Waals surface area contributed by atoms with Gasteiger partial charge in [0.1, 0.15) is 24.7 Å². The predicted octanol–water partition coefficient (Wildman–Crippen LogP) is 5.06. The summed E-state index contributed by atoms with van der Waals surface area (Å²) in [5.74, 6) is 1.06. The minimum absolute atomic E-state index is 0.139. The van der Waals surface area contributed by atoms with Crippen LogP contribution in [-0.4, -0.2) is 37.0 Å². The zero-order chi connectivity index (χ0) is 22.7. The second kappa shape index (κ2) is 12.1. The summed E-state index contributed by atoms with van der Waals surface area (Å²) in [6.45, 7) is 4.57. The van der Waals surface area contributed by atoms with Crippen molar-refractivity contribution in [1.29, 1.82) is 0 Å². The Labute approximate surface area is 196 Å². The van der Waals surface area contributed by atoms with Crippen LogP contribution in [0.2, 0.25) is 0 Å². The molecule has 0 radical (unpaired) electrons. The van der Waals surface area contributed by atoms with Crippen LogP contribution in [0, 0.1) is 0 Å². The van der Waals surface area contributed by atoms with Gasteiger partial charge in [0.25, 0.3) is 5.91 Å². The van der Waals surface area contributed by atoms with E-state index < -0.39 is 0 Å². The molecular formula is C28H32N2O3. The van der Waals surface area contributed by atoms with E-state index in [0.717, 1.165) is 30.8 Å². The van der Waals surface area contributed by atoms with Crippen LogP contribution in [0.15, 0.2) is 78.9 Å². The summed E-state index contributed by atoms with van der Waals surface area (Å²) in [5, 5.41) is 3.07. The number of rotatable bonds is 10. The molecule has 1 heterocycles. The molecule has 0 aromatic heterocycles. The average molecular weight is 445 g/mol. The number of likely N-dealkylation sites (tertiary alicyclic amines) is 1. The molecular weight excluding hydrogens is 412 g/mol. The fraction of sp³-hybridized carbons (Fsp3) is 0.321. The molecule has 4 rings (SSSR count). The van der Waals surface area contributed by atoms with E-state index in [1.54, 1.807) is 6.07 Å². The number of amides is 1. The summed E-state index contributed by atoms with van der Waals surface area (Å²) >= 11 is 0. The molecule has 1 amide bonds. The number of hydrogen-bond donors (Lipinski definition) is 1. The number of hydrogen-bond acceptors (Lipinski definition) is 4. The Balaban J connectivity index is 1.42. The van der Waals surface area contributed by atoms with Gasteiger partial charge in [-0.3, -0.25) is 4.79 Å². The lowest BCUT2D eigenvalue weighted by Crippen LogP contribution is -2.37. The molecule has 0 saturated carbocycles. The van der Waals surface area contributed by atoms with Crippen molar-refractivity contribution in [3.63, 3.8) is 0 Å². The lowest BCUT2D eigenvalue weighted by Gasteiger charge is -2.26. The van der Waals surface area contributed by atoms with Crippen LogP contribution in [0.4, 0.5) is 0 Å². The number of carbonyl (C=O) groups excluding carboxylic acids is 1. The Hall–Kier alpha value is -3.31. The number of nitrogens with zero attached hydrogens (tertiary/aromatic N) is 1. The normalized spacial score (nSPS) is 13.9. The van der Waals surface area contributed by atoms with Gasteiger partial charge in [-0.1, -0.05) is 67.1 Å². The van der Waals surface area contributed by atoms with Crippen molar-refractivity contribution < 1.29 is 14.3 Å². The zero-order valence-corrected chi connectivity index (χ0v) is 19.0. The molecule has 5 nitrogen and oxygen atoms in total. The molecule has 1 aliphatic rings. The van der Waals surface area contributed by atoms with Crippen LogP contribution >= 0.6 is 0 Å². The van der Waals surface area contributed by atoms with Gasteiger partial charge in [-0.15, -0.1) is 0 Å². The molecule has 1 saturated heterocycles. The van der Waals surface area contributed by atoms with Crippen LogP contribution in [0.5, 0.6) is 11.5 Å². The lowest BCUT2D eigenvalue weighted by atomic mass is 10.1. The fourth-order valence-electron chi connectivity index (χ4n) is 3.98. The first-order valence-corrected chi connectivity index (χ1v) is 11.8. The third-order valence-electron chi connectivity index (χ3n) is 5.84. The molecule has 3 aromatic carbocycles. The Morgan fingerprint density at radius 2 is 1.42 bits per heavy atom. The molecule has 5 heteroatoms. The summed E-state index contributed by atoms with van der Waals surface area (Å²) in [7, 11) is 0. The molecule has 0 spiro atoms. The molecule has 0 bridgehead atoms. The second-order valence-corrected chi connectivity index (χ2v) is 8.36. The van der Waals surface area contributed by atoms with Gasteiger partial charge in [-0.05, 0) is 55.3 Å². The largest absolute Gasteiger partial charge is 0.489 e. The minimum atomic E-state index is -0.139. The van der Waals surface area contributed by atoms with Gasteiger partial charge >= 0.3 is 0 Å². The van der Waals surface area contributed by atoms with Crippen LogP contribution in [0.3, 0.4) is 0 Å². The van der Waals surface area contributed by atoms with E-state index >= 15 is 0 Å². The molecule has 1 fully saturated rings. The number of piperidine rings is 1. The van der Waals surface area contributed by atoms with Gasteiger partial charge in [0.2, 0.25) is 0 Å². The smallest absolute Gasteiger partial charge is 0.255 e. The second-order valence-electron chi connectivity index (χ2n) is 8.36. The van der Waals surface area contributed by atoms with Crippen molar-refractivity contribution in [2.24, 2.45) is 0 Å². The SMILES string of the molecule is O=C(NCCN1CCCCC1)c1cc(OCc2ccccc2)ccc1OCc1ccccc1. The van der Waals surface area contributed by atoms with E-state index in [2.05, 4.69) is 10.2 Å². The van der Waals surface area contributed by atoms with Crippen molar-refractivity contribution in [3.05, 3.63) is 95.6 Å². The highest BCUT2D eigenvalue weighted by atomic mass is 16.5. The highest BCUT2D eigenvalue weighted by Crippen LogP contribution is 2.26. The molecule has 0 aliphatic carbocycles. The minimum Gasteiger partial charge on any atom is -0.489 e. The maximum absolute atomic E-state index is 13.1. The van der Waals surface area contributed by atoms with Crippen molar-refractivity contribution in [2.45, 2.75) is 32.5 Å². The quantitative estimate of drug-likeness (QED) is 0.475. The molecule has 0 unspecified atom stereocenters. The van der Waals surface area contributed by atoms with Crippen LogP contribution in [-0.2, 0) is 13.2 Å². The first-order chi connectivity index (χ1) is 16.3. The Bertz CT molecular complexity index is 1000. The van der Waals surface area contributed by atoms with Gasteiger partial charge in [0.05, 0.1) is 5.56 Å². The summed E-state index contributed by atoms with van der Waals surface area (Å²) in [4.78, 5) is 15.5. The van der Waals surface area contributed by atoms with E-state index in [1.165, 1.54) is 19.3 Å². The molecule has 1 N–H and O–H groups in total. The molecule has 33 heavy (non-hydrogen) atoms. The monoisotopic (exact) mass is 444 g/mol. The number of ether oxygens (including phenoxy) is 2. The van der Waals surface area contributed by atoms with Crippen molar-refractivity contribution in [3.8, 4) is 11.5 Å². The summed E-state index contributed by atoms with van der Waals surface area (Å²) in [6, 6.07) is 25.4. The molecule has 3 aromatic rings. The van der Waals surface area contributed by atoms with Crippen molar-refractivity contribution >= 4 is 5.91 Å². The summed E-state index contributed by atoms with van der Waals surface area (Å²) < 4.78 is 12.0. The summed E-state index contributed by atoms with van der Waals surface area (Å²) in [5.41, 5.74) is 2.63. The zero-order valence-electron chi connectivity index (χ0n) is 19.0. The lowest BCUT2D eigenvalue weighted by molar-refractivity contribution is 0.0941.